The zero-order valence-electron chi connectivity index (χ0n) is 21.0. The molecule has 0 spiro atoms. The van der Waals surface area contributed by atoms with E-state index in [2.05, 4.69) is 19.2 Å². The summed E-state index contributed by atoms with van der Waals surface area (Å²) in [4.78, 5) is 13.5. The Morgan fingerprint density at radius 3 is 2.19 bits per heavy atom. The first-order valence-corrected chi connectivity index (χ1v) is 14.1. The van der Waals surface area contributed by atoms with Gasteiger partial charge in [0.1, 0.15) is 0 Å². The Labute approximate surface area is 214 Å². The van der Waals surface area contributed by atoms with Gasteiger partial charge in [0.25, 0.3) is 15.9 Å². The number of unbranched alkanes of at least 4 members (excludes halogenated alkanes) is 1. The maximum Gasteiger partial charge on any atom is 0.270 e. The van der Waals surface area contributed by atoms with E-state index in [0.29, 0.717) is 29.3 Å². The average molecular weight is 503 g/mol. The molecule has 0 radical (unpaired) electrons. The van der Waals surface area contributed by atoms with E-state index in [0.717, 1.165) is 36.8 Å². The van der Waals surface area contributed by atoms with Crippen LogP contribution in [0.4, 0.5) is 5.69 Å². The second-order valence-corrected chi connectivity index (χ2v) is 11.0. The Hall–Kier alpha value is -3.38. The van der Waals surface area contributed by atoms with Crippen LogP contribution in [0.25, 0.3) is 5.57 Å². The van der Waals surface area contributed by atoms with Crippen LogP contribution in [0.5, 0.6) is 0 Å². The fourth-order valence-corrected chi connectivity index (χ4v) is 6.45. The molecule has 188 valence electrons. The average Bonchev–Trinajstić information content (AvgIpc) is 2.91. The van der Waals surface area contributed by atoms with Crippen LogP contribution in [0.15, 0.2) is 89.8 Å². The van der Waals surface area contributed by atoms with Crippen LogP contribution in [-0.2, 0) is 21.4 Å². The standard InChI is InChI=1S/C30H34N2O3S/c1-3-5-14-23(4-2)21-31-30(33)29-28(25-17-10-7-11-18-25)26-19-12-13-20-27(26)32(36(29,34)35)22-24-15-8-6-9-16-24/h6-13,15-20,23H,3-5,14,21-22H2,1-2H3,(H,31,33)/t23-/m1/s1. The van der Waals surface area contributed by atoms with E-state index in [1.807, 2.05) is 84.9 Å². The Morgan fingerprint density at radius 2 is 1.53 bits per heavy atom. The zero-order chi connectivity index (χ0) is 25.5. The van der Waals surface area contributed by atoms with Gasteiger partial charge in [-0.25, -0.2) is 8.42 Å². The lowest BCUT2D eigenvalue weighted by atomic mass is 9.95. The monoisotopic (exact) mass is 502 g/mol. The Balaban J connectivity index is 1.83. The molecule has 0 saturated heterocycles. The van der Waals surface area contributed by atoms with Crippen molar-refractivity contribution in [1.82, 2.24) is 5.32 Å². The van der Waals surface area contributed by atoms with Crippen molar-refractivity contribution >= 4 is 27.2 Å². The summed E-state index contributed by atoms with van der Waals surface area (Å²) in [7, 11) is -4.14. The summed E-state index contributed by atoms with van der Waals surface area (Å²) < 4.78 is 29.8. The van der Waals surface area contributed by atoms with Gasteiger partial charge in [0.15, 0.2) is 4.91 Å². The lowest BCUT2D eigenvalue weighted by Gasteiger charge is -2.33. The number of amides is 1. The van der Waals surface area contributed by atoms with E-state index < -0.39 is 15.9 Å². The molecular weight excluding hydrogens is 468 g/mol. The van der Waals surface area contributed by atoms with Gasteiger partial charge in [-0.1, -0.05) is 112 Å². The summed E-state index contributed by atoms with van der Waals surface area (Å²) >= 11 is 0. The zero-order valence-corrected chi connectivity index (χ0v) is 21.8. The summed E-state index contributed by atoms with van der Waals surface area (Å²) in [5.74, 6) is -0.231. The number of carbonyl (C=O) groups is 1. The first-order chi connectivity index (χ1) is 17.5. The molecule has 6 heteroatoms. The third-order valence-corrected chi connectivity index (χ3v) is 8.56. The molecular formula is C30H34N2O3S. The van der Waals surface area contributed by atoms with Crippen molar-refractivity contribution in [2.75, 3.05) is 10.8 Å². The van der Waals surface area contributed by atoms with Crippen LogP contribution >= 0.6 is 0 Å². The van der Waals surface area contributed by atoms with Gasteiger partial charge in [-0.15, -0.1) is 0 Å². The molecule has 0 unspecified atom stereocenters. The van der Waals surface area contributed by atoms with Crippen LogP contribution in [0.3, 0.4) is 0 Å². The highest BCUT2D eigenvalue weighted by Crippen LogP contribution is 2.43. The number of sulfonamides is 1. The molecule has 0 bridgehead atoms. The number of fused-ring (bicyclic) bond motifs is 1. The van der Waals surface area contributed by atoms with Crippen molar-refractivity contribution in [2.45, 2.75) is 46.1 Å². The van der Waals surface area contributed by atoms with Gasteiger partial charge in [-0.2, -0.15) is 0 Å². The smallest absolute Gasteiger partial charge is 0.270 e. The third-order valence-electron chi connectivity index (χ3n) is 6.75. The van der Waals surface area contributed by atoms with Crippen LogP contribution in [0.2, 0.25) is 0 Å². The van der Waals surface area contributed by atoms with Crippen molar-refractivity contribution in [3.8, 4) is 0 Å². The normalized spacial score (nSPS) is 15.3. The van der Waals surface area contributed by atoms with Gasteiger partial charge in [-0.3, -0.25) is 9.10 Å². The van der Waals surface area contributed by atoms with Gasteiger partial charge in [0.05, 0.1) is 12.2 Å². The van der Waals surface area contributed by atoms with Gasteiger partial charge in [0.2, 0.25) is 0 Å². The molecule has 0 aromatic heterocycles. The number of nitrogens with one attached hydrogen (secondary N) is 1. The third kappa shape index (κ3) is 5.39. The molecule has 3 aromatic rings. The fourth-order valence-electron chi connectivity index (χ4n) is 4.70. The molecule has 1 heterocycles. The number of carbonyl (C=O) groups excluding carboxylic acids is 1. The van der Waals surface area contributed by atoms with E-state index in [1.165, 1.54) is 4.31 Å². The first-order valence-electron chi connectivity index (χ1n) is 12.7. The van der Waals surface area contributed by atoms with Crippen molar-refractivity contribution in [3.05, 3.63) is 107 Å². The van der Waals surface area contributed by atoms with Gasteiger partial charge in [0, 0.05) is 17.7 Å². The SMILES string of the molecule is CCCC[C@@H](CC)CNC(=O)C1=C(c2ccccc2)c2ccccc2N(Cc2ccccc2)S1(=O)=O. The lowest BCUT2D eigenvalue weighted by molar-refractivity contribution is -0.117. The van der Waals surface area contributed by atoms with E-state index in [1.54, 1.807) is 0 Å². The largest absolute Gasteiger partial charge is 0.351 e. The minimum atomic E-state index is -4.14. The van der Waals surface area contributed by atoms with E-state index >= 15 is 0 Å². The van der Waals surface area contributed by atoms with Crippen molar-refractivity contribution in [3.63, 3.8) is 0 Å². The molecule has 3 aromatic carbocycles. The van der Waals surface area contributed by atoms with Crippen molar-refractivity contribution < 1.29 is 13.2 Å². The number of para-hydroxylation sites is 1. The topological polar surface area (TPSA) is 66.5 Å². The second-order valence-electron chi connectivity index (χ2n) is 9.21. The maximum atomic E-state index is 14.2. The summed E-state index contributed by atoms with van der Waals surface area (Å²) in [6.07, 6.45) is 4.12. The molecule has 0 saturated carbocycles. The van der Waals surface area contributed by atoms with Gasteiger partial charge < -0.3 is 5.32 Å². The van der Waals surface area contributed by atoms with Crippen molar-refractivity contribution in [2.24, 2.45) is 5.92 Å². The maximum absolute atomic E-state index is 14.2. The highest BCUT2D eigenvalue weighted by molar-refractivity contribution is 7.97. The van der Waals surface area contributed by atoms with E-state index in [9.17, 15) is 13.2 Å². The van der Waals surface area contributed by atoms with E-state index in [-0.39, 0.29) is 11.4 Å². The fraction of sp³-hybridized carbons (Fsp3) is 0.300. The highest BCUT2D eigenvalue weighted by Gasteiger charge is 2.41. The summed E-state index contributed by atoms with van der Waals surface area (Å²) in [5, 5.41) is 2.98. The van der Waals surface area contributed by atoms with Crippen LogP contribution < -0.4 is 9.62 Å². The second kappa shape index (κ2) is 11.6. The molecule has 5 nitrogen and oxygen atoms in total. The molecule has 1 N–H and O–H groups in total. The first kappa shape index (κ1) is 25.7. The molecule has 1 aliphatic heterocycles. The summed E-state index contributed by atoms with van der Waals surface area (Å²) in [6, 6.07) is 26.2. The lowest BCUT2D eigenvalue weighted by Crippen LogP contribution is -2.42. The van der Waals surface area contributed by atoms with Crippen LogP contribution in [0.1, 0.15) is 56.2 Å². The molecule has 1 aliphatic rings. The molecule has 1 amide bonds. The number of nitrogens with zero attached hydrogens (tertiary/aromatic N) is 1. The molecule has 0 aliphatic carbocycles. The minimum absolute atomic E-state index is 0.146. The predicted molar refractivity (Wildman–Crippen MR) is 147 cm³/mol. The number of hydrogen-bond donors (Lipinski definition) is 1. The molecule has 1 atom stereocenters. The van der Waals surface area contributed by atoms with E-state index in [4.69, 9.17) is 0 Å². The van der Waals surface area contributed by atoms with Crippen molar-refractivity contribution in [1.29, 1.82) is 0 Å². The summed E-state index contributed by atoms with van der Waals surface area (Å²) in [5.41, 5.74) is 3.32. The quantitative estimate of drug-likeness (QED) is 0.363. The molecule has 0 fully saturated rings. The Kier molecular flexibility index (Phi) is 8.26. The predicted octanol–water partition coefficient (Wildman–Crippen LogP) is 6.13. The molecule has 36 heavy (non-hydrogen) atoms. The highest BCUT2D eigenvalue weighted by atomic mass is 32.2. The van der Waals surface area contributed by atoms with Gasteiger partial charge >= 0.3 is 0 Å². The van der Waals surface area contributed by atoms with Gasteiger partial charge in [-0.05, 0) is 29.5 Å². The number of hydrogen-bond acceptors (Lipinski definition) is 3. The number of rotatable bonds is 10. The summed E-state index contributed by atoms with van der Waals surface area (Å²) in [6.45, 7) is 4.86. The van der Waals surface area contributed by atoms with Crippen LogP contribution in [0, 0.1) is 5.92 Å². The minimum Gasteiger partial charge on any atom is -0.351 e. The number of benzene rings is 3. The Morgan fingerprint density at radius 1 is 0.889 bits per heavy atom. The molecule has 4 rings (SSSR count). The Bertz CT molecular complexity index is 1320. The number of anilines is 1. The van der Waals surface area contributed by atoms with Crippen LogP contribution in [-0.4, -0.2) is 20.9 Å².